The molecule has 9 heteroatoms. The van der Waals surface area contributed by atoms with Crippen LogP contribution in [0.5, 0.6) is 5.75 Å². The van der Waals surface area contributed by atoms with Crippen LogP contribution in [0, 0.1) is 0 Å². The normalized spacial score (nSPS) is 12.7. The monoisotopic (exact) mass is 430 g/mol. The standard InChI is InChI=1S/C18H20Cl2N2O4S/c1-12(13-4-7-15(8-5-13)27(24,25)22(2)3)21-18(23)11-26-14-6-9-16(19)17(20)10-14/h4-10,12H,11H2,1-3H3,(H,21,23). The van der Waals surface area contributed by atoms with E-state index in [9.17, 15) is 13.2 Å². The van der Waals surface area contributed by atoms with Gasteiger partial charge in [-0.25, -0.2) is 12.7 Å². The Kier molecular flexibility index (Phi) is 7.11. The fraction of sp³-hybridized carbons (Fsp3) is 0.278. The largest absolute Gasteiger partial charge is 0.484 e. The maximum absolute atomic E-state index is 12.1. The first kappa shape index (κ1) is 21.5. The van der Waals surface area contributed by atoms with Crippen LogP contribution in [0.15, 0.2) is 47.4 Å². The zero-order chi connectivity index (χ0) is 20.2. The number of sulfonamides is 1. The minimum absolute atomic E-state index is 0.185. The number of amides is 1. The number of rotatable bonds is 7. The van der Waals surface area contributed by atoms with Crippen LogP contribution in [0.2, 0.25) is 10.0 Å². The molecule has 0 fully saturated rings. The van der Waals surface area contributed by atoms with Gasteiger partial charge >= 0.3 is 0 Å². The summed E-state index contributed by atoms with van der Waals surface area (Å²) in [6, 6.07) is 10.8. The van der Waals surface area contributed by atoms with Crippen molar-refractivity contribution in [2.75, 3.05) is 20.7 Å². The fourth-order valence-electron chi connectivity index (χ4n) is 2.22. The van der Waals surface area contributed by atoms with Gasteiger partial charge in [-0.05, 0) is 36.8 Å². The van der Waals surface area contributed by atoms with Gasteiger partial charge in [-0.2, -0.15) is 0 Å². The van der Waals surface area contributed by atoms with Crippen molar-refractivity contribution in [1.29, 1.82) is 0 Å². The van der Waals surface area contributed by atoms with Crippen LogP contribution >= 0.6 is 23.2 Å². The molecule has 0 saturated carbocycles. The van der Waals surface area contributed by atoms with E-state index in [-0.39, 0.29) is 23.5 Å². The lowest BCUT2D eigenvalue weighted by molar-refractivity contribution is -0.123. The molecule has 0 saturated heterocycles. The van der Waals surface area contributed by atoms with Gasteiger partial charge in [0, 0.05) is 20.2 Å². The van der Waals surface area contributed by atoms with Crippen LogP contribution in [0.25, 0.3) is 0 Å². The highest BCUT2D eigenvalue weighted by Gasteiger charge is 2.18. The quantitative estimate of drug-likeness (QED) is 0.728. The molecule has 0 spiro atoms. The number of hydrogen-bond donors (Lipinski definition) is 1. The van der Waals surface area contributed by atoms with E-state index in [0.29, 0.717) is 15.8 Å². The molecule has 0 aliphatic carbocycles. The van der Waals surface area contributed by atoms with Gasteiger partial charge in [-0.3, -0.25) is 4.79 Å². The lowest BCUT2D eigenvalue weighted by Crippen LogP contribution is -2.31. The predicted octanol–water partition coefficient (Wildman–Crippen LogP) is 3.50. The minimum atomic E-state index is -3.48. The summed E-state index contributed by atoms with van der Waals surface area (Å²) in [5.41, 5.74) is 0.774. The van der Waals surface area contributed by atoms with Gasteiger partial charge in [0.2, 0.25) is 10.0 Å². The maximum atomic E-state index is 12.1. The van der Waals surface area contributed by atoms with E-state index in [4.69, 9.17) is 27.9 Å². The van der Waals surface area contributed by atoms with Crippen LogP contribution < -0.4 is 10.1 Å². The molecule has 2 rings (SSSR count). The second-order valence-electron chi connectivity index (χ2n) is 6.01. The summed E-state index contributed by atoms with van der Waals surface area (Å²) in [4.78, 5) is 12.3. The van der Waals surface area contributed by atoms with E-state index in [1.807, 2.05) is 0 Å². The maximum Gasteiger partial charge on any atom is 0.258 e. The van der Waals surface area contributed by atoms with Gasteiger partial charge in [-0.1, -0.05) is 35.3 Å². The van der Waals surface area contributed by atoms with Gasteiger partial charge in [0.1, 0.15) is 5.75 Å². The second-order valence-corrected chi connectivity index (χ2v) is 8.98. The third-order valence-corrected chi connectivity index (χ3v) is 6.37. The van der Waals surface area contributed by atoms with Crippen LogP contribution in [0.3, 0.4) is 0 Å². The number of nitrogens with zero attached hydrogens (tertiary/aromatic N) is 1. The van der Waals surface area contributed by atoms with Gasteiger partial charge in [0.05, 0.1) is 21.0 Å². The Morgan fingerprint density at radius 1 is 1.11 bits per heavy atom. The topological polar surface area (TPSA) is 75.7 Å². The Balaban J connectivity index is 1.95. The Morgan fingerprint density at radius 3 is 2.30 bits per heavy atom. The Bertz CT molecular complexity index is 915. The van der Waals surface area contributed by atoms with E-state index in [0.717, 1.165) is 9.87 Å². The summed E-state index contributed by atoms with van der Waals surface area (Å²) in [6.45, 7) is 1.61. The third-order valence-electron chi connectivity index (χ3n) is 3.80. The Hall–Kier alpha value is -1.80. The number of hydrogen-bond acceptors (Lipinski definition) is 4. The van der Waals surface area contributed by atoms with Crippen LogP contribution in [0.4, 0.5) is 0 Å². The molecular weight excluding hydrogens is 411 g/mol. The number of nitrogens with one attached hydrogen (secondary N) is 1. The first-order valence-corrected chi connectivity index (χ1v) is 10.2. The lowest BCUT2D eigenvalue weighted by atomic mass is 10.1. The summed E-state index contributed by atoms with van der Waals surface area (Å²) in [6.07, 6.45) is 0. The number of halogens is 2. The average Bonchev–Trinajstić information content (AvgIpc) is 2.62. The van der Waals surface area contributed by atoms with Crippen molar-refractivity contribution in [3.63, 3.8) is 0 Å². The van der Waals surface area contributed by atoms with E-state index in [2.05, 4.69) is 5.32 Å². The number of carbonyl (C=O) groups is 1. The summed E-state index contributed by atoms with van der Waals surface area (Å²) < 4.78 is 30.7. The molecule has 27 heavy (non-hydrogen) atoms. The van der Waals surface area contributed by atoms with Gasteiger partial charge in [-0.15, -0.1) is 0 Å². The van der Waals surface area contributed by atoms with Crippen molar-refractivity contribution >= 4 is 39.1 Å². The van der Waals surface area contributed by atoms with Crippen molar-refractivity contribution in [1.82, 2.24) is 9.62 Å². The number of ether oxygens (including phenoxy) is 1. The molecule has 0 aliphatic rings. The highest BCUT2D eigenvalue weighted by Crippen LogP contribution is 2.26. The predicted molar refractivity (Wildman–Crippen MR) is 106 cm³/mol. The Morgan fingerprint density at radius 2 is 1.74 bits per heavy atom. The van der Waals surface area contributed by atoms with Crippen LogP contribution in [-0.2, 0) is 14.8 Å². The molecule has 2 aromatic carbocycles. The molecule has 0 bridgehead atoms. The van der Waals surface area contributed by atoms with E-state index >= 15 is 0 Å². The first-order valence-electron chi connectivity index (χ1n) is 8.01. The molecule has 146 valence electrons. The van der Waals surface area contributed by atoms with Gasteiger partial charge in [0.25, 0.3) is 5.91 Å². The fourth-order valence-corrected chi connectivity index (χ4v) is 3.41. The van der Waals surface area contributed by atoms with E-state index < -0.39 is 10.0 Å². The van der Waals surface area contributed by atoms with Crippen LogP contribution in [0.1, 0.15) is 18.5 Å². The van der Waals surface area contributed by atoms with E-state index in [1.165, 1.54) is 32.3 Å². The third kappa shape index (κ3) is 5.59. The molecule has 0 radical (unpaired) electrons. The number of carbonyl (C=O) groups excluding carboxylic acids is 1. The second kappa shape index (κ2) is 8.93. The molecule has 1 unspecified atom stereocenters. The summed E-state index contributed by atoms with van der Waals surface area (Å²) >= 11 is 11.7. The lowest BCUT2D eigenvalue weighted by Gasteiger charge is -2.16. The average molecular weight is 431 g/mol. The molecule has 1 atom stereocenters. The number of benzene rings is 2. The highest BCUT2D eigenvalue weighted by molar-refractivity contribution is 7.89. The molecule has 6 nitrogen and oxygen atoms in total. The zero-order valence-corrected chi connectivity index (χ0v) is 17.4. The van der Waals surface area contributed by atoms with Crippen molar-refractivity contribution in [2.45, 2.75) is 17.9 Å². The molecule has 2 aromatic rings. The van der Waals surface area contributed by atoms with Gasteiger partial charge < -0.3 is 10.1 Å². The van der Waals surface area contributed by atoms with Crippen molar-refractivity contribution in [2.24, 2.45) is 0 Å². The molecule has 0 heterocycles. The summed E-state index contributed by atoms with van der Waals surface area (Å²) in [7, 11) is -0.538. The zero-order valence-electron chi connectivity index (χ0n) is 15.1. The van der Waals surface area contributed by atoms with Crippen molar-refractivity contribution < 1.29 is 17.9 Å². The smallest absolute Gasteiger partial charge is 0.258 e. The molecule has 0 aliphatic heterocycles. The summed E-state index contributed by atoms with van der Waals surface area (Å²) in [5, 5.41) is 3.54. The van der Waals surface area contributed by atoms with Crippen molar-refractivity contribution in [3.05, 3.63) is 58.1 Å². The minimum Gasteiger partial charge on any atom is -0.484 e. The molecular formula is C18H20Cl2N2O4S. The molecule has 1 amide bonds. The Labute approximate surface area is 169 Å². The SMILES string of the molecule is CC(NC(=O)COc1ccc(Cl)c(Cl)c1)c1ccc(S(=O)(=O)N(C)C)cc1. The first-order chi connectivity index (χ1) is 12.6. The van der Waals surface area contributed by atoms with Gasteiger partial charge in [0.15, 0.2) is 6.61 Å². The van der Waals surface area contributed by atoms with Crippen LogP contribution in [-0.4, -0.2) is 39.3 Å². The molecule has 1 N–H and O–H groups in total. The summed E-state index contributed by atoms with van der Waals surface area (Å²) in [5.74, 6) is 0.115. The highest BCUT2D eigenvalue weighted by atomic mass is 35.5. The molecule has 0 aromatic heterocycles. The van der Waals surface area contributed by atoms with Crippen molar-refractivity contribution in [3.8, 4) is 5.75 Å². The van der Waals surface area contributed by atoms with E-state index in [1.54, 1.807) is 31.2 Å².